The van der Waals surface area contributed by atoms with Crippen LogP contribution in [-0.4, -0.2) is 15.2 Å². The lowest BCUT2D eigenvalue weighted by molar-refractivity contribution is 1.01. The van der Waals surface area contributed by atoms with Crippen LogP contribution in [0.5, 0.6) is 0 Å². The summed E-state index contributed by atoms with van der Waals surface area (Å²) in [6, 6.07) is 0. The molecule has 0 radical (unpaired) electrons. The highest BCUT2D eigenvalue weighted by Crippen LogP contribution is 2.24. The van der Waals surface area contributed by atoms with Gasteiger partial charge in [-0.3, -0.25) is 0 Å². The Morgan fingerprint density at radius 1 is 1.55 bits per heavy atom. The summed E-state index contributed by atoms with van der Waals surface area (Å²) in [7, 11) is 0. The van der Waals surface area contributed by atoms with Gasteiger partial charge in [0.05, 0.1) is 3.57 Å². The Kier molecular flexibility index (Phi) is 3.58. The molecule has 0 unspecified atom stereocenters. The second-order valence-corrected chi connectivity index (χ2v) is 5.07. The van der Waals surface area contributed by atoms with Gasteiger partial charge in [0.15, 0.2) is 0 Å². The third kappa shape index (κ3) is 2.94. The fraction of sp³-hybridized carbons (Fsp3) is 0.429. The first-order chi connectivity index (χ1) is 5.20. The Bertz CT molecular complexity index is 240. The maximum absolute atomic E-state index is 4.16. The van der Waals surface area contributed by atoms with Gasteiger partial charge in [0.25, 0.3) is 0 Å². The maximum atomic E-state index is 4.16. The molecule has 4 heteroatoms. The van der Waals surface area contributed by atoms with Crippen LogP contribution in [0.25, 0.3) is 0 Å². The lowest BCUT2D eigenvalue weighted by Gasteiger charge is -2.03. The summed E-state index contributed by atoms with van der Waals surface area (Å²) in [6.07, 6.45) is 3.42. The van der Waals surface area contributed by atoms with Crippen molar-refractivity contribution in [2.45, 2.75) is 24.1 Å². The highest BCUT2D eigenvalue weighted by Gasteiger charge is 2.03. The molecule has 0 amide bonds. The van der Waals surface area contributed by atoms with Crippen molar-refractivity contribution >= 4 is 34.4 Å². The molecule has 0 aliphatic carbocycles. The molecular formula is C7H9IN2S. The SMILES string of the molecule is CC(C)Sc1ncncc1I. The molecule has 0 aliphatic heterocycles. The first-order valence-corrected chi connectivity index (χ1v) is 5.28. The summed E-state index contributed by atoms with van der Waals surface area (Å²) >= 11 is 4.01. The second-order valence-electron chi connectivity index (χ2n) is 2.34. The third-order valence-electron chi connectivity index (χ3n) is 0.981. The van der Waals surface area contributed by atoms with Crippen molar-refractivity contribution in [3.8, 4) is 0 Å². The molecule has 0 saturated carbocycles. The number of aromatic nitrogens is 2. The summed E-state index contributed by atoms with van der Waals surface area (Å²) in [6.45, 7) is 4.31. The fourth-order valence-corrected chi connectivity index (χ4v) is 2.01. The van der Waals surface area contributed by atoms with Crippen LogP contribution in [0.2, 0.25) is 0 Å². The number of thioether (sulfide) groups is 1. The average molecular weight is 280 g/mol. The van der Waals surface area contributed by atoms with Crippen molar-refractivity contribution < 1.29 is 0 Å². The van der Waals surface area contributed by atoms with Gasteiger partial charge in [-0.05, 0) is 22.6 Å². The lowest BCUT2D eigenvalue weighted by atomic mass is 10.6. The van der Waals surface area contributed by atoms with Crippen molar-refractivity contribution in [1.29, 1.82) is 0 Å². The molecular weight excluding hydrogens is 271 g/mol. The van der Waals surface area contributed by atoms with Crippen LogP contribution in [0.3, 0.4) is 0 Å². The van der Waals surface area contributed by atoms with E-state index in [0.717, 1.165) is 8.60 Å². The summed E-state index contributed by atoms with van der Waals surface area (Å²) in [5.41, 5.74) is 0. The van der Waals surface area contributed by atoms with Gasteiger partial charge in [-0.2, -0.15) is 0 Å². The van der Waals surface area contributed by atoms with Gasteiger partial charge in [0.2, 0.25) is 0 Å². The first-order valence-electron chi connectivity index (χ1n) is 3.32. The number of rotatable bonds is 2. The maximum Gasteiger partial charge on any atom is 0.116 e. The van der Waals surface area contributed by atoms with Crippen molar-refractivity contribution in [3.63, 3.8) is 0 Å². The molecule has 0 aromatic carbocycles. The summed E-state index contributed by atoms with van der Waals surface area (Å²) in [5, 5.41) is 1.66. The molecule has 1 aromatic heterocycles. The molecule has 0 saturated heterocycles. The molecule has 11 heavy (non-hydrogen) atoms. The summed E-state index contributed by atoms with van der Waals surface area (Å²) in [5.74, 6) is 0. The third-order valence-corrected chi connectivity index (χ3v) is 3.16. The number of nitrogens with zero attached hydrogens (tertiary/aromatic N) is 2. The van der Waals surface area contributed by atoms with Crippen LogP contribution < -0.4 is 0 Å². The van der Waals surface area contributed by atoms with Crippen LogP contribution >= 0.6 is 34.4 Å². The van der Waals surface area contributed by atoms with Crippen molar-refractivity contribution in [2.75, 3.05) is 0 Å². The predicted molar refractivity (Wildman–Crippen MR) is 55.7 cm³/mol. The van der Waals surface area contributed by atoms with Crippen LogP contribution in [0.1, 0.15) is 13.8 Å². The van der Waals surface area contributed by atoms with Crippen LogP contribution in [0, 0.1) is 3.57 Å². The number of hydrogen-bond donors (Lipinski definition) is 0. The van der Waals surface area contributed by atoms with E-state index in [1.54, 1.807) is 18.1 Å². The van der Waals surface area contributed by atoms with Crippen molar-refractivity contribution in [3.05, 3.63) is 16.1 Å². The highest BCUT2D eigenvalue weighted by molar-refractivity contribution is 14.1. The smallest absolute Gasteiger partial charge is 0.116 e. The quantitative estimate of drug-likeness (QED) is 0.473. The number of halogens is 1. The number of hydrogen-bond acceptors (Lipinski definition) is 3. The zero-order valence-corrected chi connectivity index (χ0v) is 9.39. The summed E-state index contributed by atoms with van der Waals surface area (Å²) < 4.78 is 1.13. The van der Waals surface area contributed by atoms with Gasteiger partial charge in [-0.25, -0.2) is 9.97 Å². The fourth-order valence-electron chi connectivity index (χ4n) is 0.611. The monoisotopic (exact) mass is 280 g/mol. The van der Waals surface area contributed by atoms with E-state index in [1.165, 1.54) is 0 Å². The average Bonchev–Trinajstić information content (AvgIpc) is 1.93. The zero-order chi connectivity index (χ0) is 8.27. The lowest BCUT2D eigenvalue weighted by Crippen LogP contribution is -1.92. The molecule has 1 aromatic rings. The predicted octanol–water partition coefficient (Wildman–Crippen LogP) is 2.58. The molecule has 2 nitrogen and oxygen atoms in total. The zero-order valence-electron chi connectivity index (χ0n) is 6.41. The van der Waals surface area contributed by atoms with E-state index in [2.05, 4.69) is 46.4 Å². The minimum Gasteiger partial charge on any atom is -0.244 e. The van der Waals surface area contributed by atoms with E-state index in [9.17, 15) is 0 Å². The van der Waals surface area contributed by atoms with Gasteiger partial charge in [0.1, 0.15) is 11.4 Å². The Hall–Kier alpha value is 0.160. The molecule has 1 heterocycles. The normalized spacial score (nSPS) is 10.5. The molecule has 60 valence electrons. The van der Waals surface area contributed by atoms with Gasteiger partial charge in [-0.15, -0.1) is 11.8 Å². The molecule has 0 fully saturated rings. The first kappa shape index (κ1) is 9.25. The van der Waals surface area contributed by atoms with E-state index in [-0.39, 0.29) is 0 Å². The van der Waals surface area contributed by atoms with Crippen LogP contribution in [0.15, 0.2) is 17.6 Å². The van der Waals surface area contributed by atoms with Crippen molar-refractivity contribution in [1.82, 2.24) is 9.97 Å². The molecule has 0 spiro atoms. The standard InChI is InChI=1S/C7H9IN2S/c1-5(2)11-7-6(8)3-9-4-10-7/h3-5H,1-2H3. The van der Waals surface area contributed by atoms with Gasteiger partial charge >= 0.3 is 0 Å². The Labute approximate surface area is 84.4 Å². The minimum atomic E-state index is 0.582. The minimum absolute atomic E-state index is 0.582. The van der Waals surface area contributed by atoms with E-state index >= 15 is 0 Å². The van der Waals surface area contributed by atoms with E-state index < -0.39 is 0 Å². The van der Waals surface area contributed by atoms with Crippen molar-refractivity contribution in [2.24, 2.45) is 0 Å². The Morgan fingerprint density at radius 2 is 2.27 bits per heavy atom. The van der Waals surface area contributed by atoms with E-state index in [1.807, 2.05) is 6.20 Å². The molecule has 1 rings (SSSR count). The van der Waals surface area contributed by atoms with Gasteiger partial charge < -0.3 is 0 Å². The molecule has 0 N–H and O–H groups in total. The Balaban J connectivity index is 2.78. The molecule has 0 aliphatic rings. The highest BCUT2D eigenvalue weighted by atomic mass is 127. The Morgan fingerprint density at radius 3 is 2.82 bits per heavy atom. The van der Waals surface area contributed by atoms with Gasteiger partial charge in [-0.1, -0.05) is 13.8 Å². The molecule has 0 atom stereocenters. The molecule has 0 bridgehead atoms. The summed E-state index contributed by atoms with van der Waals surface area (Å²) in [4.78, 5) is 8.08. The largest absolute Gasteiger partial charge is 0.244 e. The van der Waals surface area contributed by atoms with Crippen LogP contribution in [0.4, 0.5) is 0 Å². The second kappa shape index (κ2) is 4.25. The van der Waals surface area contributed by atoms with E-state index in [4.69, 9.17) is 0 Å². The topological polar surface area (TPSA) is 25.8 Å². The van der Waals surface area contributed by atoms with E-state index in [0.29, 0.717) is 5.25 Å². The van der Waals surface area contributed by atoms with Crippen LogP contribution in [-0.2, 0) is 0 Å². The van der Waals surface area contributed by atoms with Gasteiger partial charge in [0, 0.05) is 11.4 Å².